The van der Waals surface area contributed by atoms with Crippen LogP contribution in [0.3, 0.4) is 0 Å². The molecule has 0 amide bonds. The fourth-order valence-electron chi connectivity index (χ4n) is 2.81. The van der Waals surface area contributed by atoms with Gasteiger partial charge in [0.15, 0.2) is 0 Å². The molecule has 114 valence electrons. The van der Waals surface area contributed by atoms with Gasteiger partial charge in [0.1, 0.15) is 5.65 Å². The predicted molar refractivity (Wildman–Crippen MR) is 92.5 cm³/mol. The Morgan fingerprint density at radius 1 is 1.14 bits per heavy atom. The van der Waals surface area contributed by atoms with E-state index in [2.05, 4.69) is 48.0 Å². The van der Waals surface area contributed by atoms with Gasteiger partial charge >= 0.3 is 0 Å². The van der Waals surface area contributed by atoms with Gasteiger partial charge in [-0.15, -0.1) is 0 Å². The molecular weight excluding hydrogens is 272 g/mol. The highest BCUT2D eigenvalue weighted by atomic mass is 15.0. The van der Waals surface area contributed by atoms with Crippen LogP contribution in [0.2, 0.25) is 0 Å². The summed E-state index contributed by atoms with van der Waals surface area (Å²) < 4.78 is 2.15. The van der Waals surface area contributed by atoms with E-state index in [9.17, 15) is 0 Å². The number of imidazole rings is 1. The Morgan fingerprint density at radius 3 is 2.68 bits per heavy atom. The molecule has 0 saturated carbocycles. The second kappa shape index (κ2) is 5.72. The Labute approximate surface area is 131 Å². The van der Waals surface area contributed by atoms with Crippen molar-refractivity contribution in [1.29, 1.82) is 0 Å². The topological polar surface area (TPSA) is 55.4 Å². The summed E-state index contributed by atoms with van der Waals surface area (Å²) in [7, 11) is 1.88. The molecule has 3 aromatic rings. The zero-order valence-corrected chi connectivity index (χ0v) is 13.4. The van der Waals surface area contributed by atoms with Crippen molar-refractivity contribution in [3.63, 3.8) is 0 Å². The number of fused-ring (bicyclic) bond motifs is 1. The summed E-state index contributed by atoms with van der Waals surface area (Å²) in [6.07, 6.45) is 3.96. The minimum absolute atomic E-state index is 0.794. The molecule has 0 saturated heterocycles. The first kappa shape index (κ1) is 14.4. The summed E-state index contributed by atoms with van der Waals surface area (Å²) in [5, 5.41) is 3.09. The summed E-state index contributed by atoms with van der Waals surface area (Å²) in [6.45, 7) is 4.22. The van der Waals surface area contributed by atoms with E-state index in [1.54, 1.807) is 0 Å². The second-order valence-corrected chi connectivity index (χ2v) is 5.75. The van der Waals surface area contributed by atoms with E-state index in [1.807, 2.05) is 19.2 Å². The van der Waals surface area contributed by atoms with Gasteiger partial charge in [-0.2, -0.15) is 0 Å². The monoisotopic (exact) mass is 294 g/mol. The molecule has 0 aliphatic carbocycles. The largest absolute Gasteiger partial charge is 0.397 e. The van der Waals surface area contributed by atoms with Crippen molar-refractivity contribution in [1.82, 2.24) is 9.38 Å². The van der Waals surface area contributed by atoms with Crippen molar-refractivity contribution >= 4 is 17.0 Å². The zero-order valence-electron chi connectivity index (χ0n) is 13.4. The fraction of sp³-hybridized carbons (Fsp3) is 0.278. The molecule has 0 atom stereocenters. The van der Waals surface area contributed by atoms with Gasteiger partial charge in [-0.3, -0.25) is 0 Å². The molecule has 0 unspecified atom stereocenters. The summed E-state index contributed by atoms with van der Waals surface area (Å²) in [4.78, 5) is 4.76. The molecule has 1 aromatic carbocycles. The Hall–Kier alpha value is -2.49. The van der Waals surface area contributed by atoms with Crippen LogP contribution in [0, 0.1) is 13.8 Å². The molecule has 0 spiro atoms. The predicted octanol–water partition coefficient (Wildman–Crippen LogP) is 3.36. The van der Waals surface area contributed by atoms with Crippen LogP contribution >= 0.6 is 0 Å². The van der Waals surface area contributed by atoms with Gasteiger partial charge < -0.3 is 15.5 Å². The van der Waals surface area contributed by atoms with Crippen LogP contribution in [0.15, 0.2) is 36.5 Å². The SMILES string of the molecule is CNc1ccc(CCc2nc3cc(C)ccn3c2C)cc1N. The highest BCUT2D eigenvalue weighted by Gasteiger charge is 2.09. The van der Waals surface area contributed by atoms with Gasteiger partial charge in [-0.25, -0.2) is 4.98 Å². The Kier molecular flexibility index (Phi) is 3.75. The third kappa shape index (κ3) is 2.64. The number of aryl methyl sites for hydroxylation is 4. The van der Waals surface area contributed by atoms with Crippen LogP contribution in [0.1, 0.15) is 22.5 Å². The third-order valence-corrected chi connectivity index (χ3v) is 4.15. The number of nitrogens with one attached hydrogen (secondary N) is 1. The van der Waals surface area contributed by atoms with Gasteiger partial charge in [-0.05, 0) is 62.1 Å². The van der Waals surface area contributed by atoms with Crippen molar-refractivity contribution in [2.75, 3.05) is 18.1 Å². The van der Waals surface area contributed by atoms with E-state index in [0.717, 1.165) is 35.6 Å². The average Bonchev–Trinajstić information content (AvgIpc) is 2.81. The van der Waals surface area contributed by atoms with Crippen LogP contribution in [-0.4, -0.2) is 16.4 Å². The molecule has 0 radical (unpaired) electrons. The van der Waals surface area contributed by atoms with Crippen molar-refractivity contribution in [2.45, 2.75) is 26.7 Å². The number of anilines is 2. The lowest BCUT2D eigenvalue weighted by atomic mass is 10.1. The maximum Gasteiger partial charge on any atom is 0.137 e. The van der Waals surface area contributed by atoms with E-state index in [0.29, 0.717) is 0 Å². The normalized spacial score (nSPS) is 11.0. The summed E-state index contributed by atoms with van der Waals surface area (Å²) in [6, 6.07) is 10.4. The Balaban J connectivity index is 1.82. The van der Waals surface area contributed by atoms with Crippen LogP contribution < -0.4 is 11.1 Å². The number of nitrogens with two attached hydrogens (primary N) is 1. The van der Waals surface area contributed by atoms with E-state index in [4.69, 9.17) is 10.7 Å². The second-order valence-electron chi connectivity index (χ2n) is 5.75. The molecule has 0 fully saturated rings. The standard InChI is InChI=1S/C18H22N4/c1-12-8-9-22-13(2)16(21-18(22)10-12)6-4-14-5-7-17(20-3)15(19)11-14/h5,7-11,20H,4,6,19H2,1-3H3. The highest BCUT2D eigenvalue weighted by Crippen LogP contribution is 2.21. The lowest BCUT2D eigenvalue weighted by molar-refractivity contribution is 0.911. The van der Waals surface area contributed by atoms with E-state index >= 15 is 0 Å². The first-order valence-corrected chi connectivity index (χ1v) is 7.59. The van der Waals surface area contributed by atoms with Gasteiger partial charge in [0, 0.05) is 18.9 Å². The maximum atomic E-state index is 6.03. The van der Waals surface area contributed by atoms with Gasteiger partial charge in [0.05, 0.1) is 17.1 Å². The molecule has 3 rings (SSSR count). The lowest BCUT2D eigenvalue weighted by Crippen LogP contribution is -1.99. The fourth-order valence-corrected chi connectivity index (χ4v) is 2.81. The van der Waals surface area contributed by atoms with E-state index in [1.165, 1.54) is 16.8 Å². The van der Waals surface area contributed by atoms with Crippen molar-refractivity contribution in [3.8, 4) is 0 Å². The van der Waals surface area contributed by atoms with Crippen LogP contribution in [0.25, 0.3) is 5.65 Å². The zero-order chi connectivity index (χ0) is 15.7. The minimum atomic E-state index is 0.794. The van der Waals surface area contributed by atoms with Crippen LogP contribution in [-0.2, 0) is 12.8 Å². The van der Waals surface area contributed by atoms with E-state index < -0.39 is 0 Å². The first-order chi connectivity index (χ1) is 10.6. The lowest BCUT2D eigenvalue weighted by Gasteiger charge is -2.07. The average molecular weight is 294 g/mol. The molecule has 3 N–H and O–H groups in total. The number of rotatable bonds is 4. The minimum Gasteiger partial charge on any atom is -0.397 e. The Bertz CT molecular complexity index is 817. The number of hydrogen-bond acceptors (Lipinski definition) is 3. The molecule has 0 aliphatic rings. The molecule has 0 aliphatic heterocycles. The van der Waals surface area contributed by atoms with E-state index in [-0.39, 0.29) is 0 Å². The number of pyridine rings is 1. The molecule has 4 heteroatoms. The number of hydrogen-bond donors (Lipinski definition) is 2. The number of nitrogen functional groups attached to an aromatic ring is 1. The molecule has 0 bridgehead atoms. The van der Waals surface area contributed by atoms with Crippen LogP contribution in [0.4, 0.5) is 11.4 Å². The number of benzene rings is 1. The van der Waals surface area contributed by atoms with Gasteiger partial charge in [0.25, 0.3) is 0 Å². The molecule has 2 aromatic heterocycles. The van der Waals surface area contributed by atoms with Crippen LogP contribution in [0.5, 0.6) is 0 Å². The number of nitrogens with zero attached hydrogens (tertiary/aromatic N) is 2. The third-order valence-electron chi connectivity index (χ3n) is 4.15. The first-order valence-electron chi connectivity index (χ1n) is 7.59. The number of aromatic nitrogens is 2. The van der Waals surface area contributed by atoms with Gasteiger partial charge in [-0.1, -0.05) is 6.07 Å². The molecule has 2 heterocycles. The van der Waals surface area contributed by atoms with Crippen molar-refractivity contribution in [3.05, 3.63) is 59.0 Å². The van der Waals surface area contributed by atoms with Crippen molar-refractivity contribution < 1.29 is 0 Å². The molecular formula is C18H22N4. The highest BCUT2D eigenvalue weighted by molar-refractivity contribution is 5.66. The molecule has 4 nitrogen and oxygen atoms in total. The van der Waals surface area contributed by atoms with Crippen molar-refractivity contribution in [2.24, 2.45) is 0 Å². The summed E-state index contributed by atoms with van der Waals surface area (Å²) >= 11 is 0. The summed E-state index contributed by atoms with van der Waals surface area (Å²) in [5.41, 5.74) is 13.7. The summed E-state index contributed by atoms with van der Waals surface area (Å²) in [5.74, 6) is 0. The maximum absolute atomic E-state index is 6.03. The Morgan fingerprint density at radius 2 is 1.95 bits per heavy atom. The smallest absolute Gasteiger partial charge is 0.137 e. The quantitative estimate of drug-likeness (QED) is 0.725. The molecule has 22 heavy (non-hydrogen) atoms. The van der Waals surface area contributed by atoms with Gasteiger partial charge in [0.2, 0.25) is 0 Å².